The maximum Gasteiger partial charge on any atom is 0.0946 e. The van der Waals surface area contributed by atoms with Crippen molar-refractivity contribution in [2.75, 3.05) is 0 Å². The highest BCUT2D eigenvalue weighted by atomic mass is 15.0. The Bertz CT molecular complexity index is 940. The van der Waals surface area contributed by atoms with Crippen molar-refractivity contribution in [1.29, 1.82) is 0 Å². The standard InChI is InChI=1S/C22H21N3/c23-22(20-12-6-10-17-9-4-5-11-19(17)20)21(15-25-14-13-24-16-25)18-7-2-1-3-8-18/h1-14,16,21-22H,15,23H2. The van der Waals surface area contributed by atoms with Crippen LogP contribution in [0, 0.1) is 0 Å². The topological polar surface area (TPSA) is 43.8 Å². The van der Waals surface area contributed by atoms with Gasteiger partial charge in [-0.05, 0) is 21.9 Å². The van der Waals surface area contributed by atoms with E-state index in [0.29, 0.717) is 0 Å². The minimum atomic E-state index is -0.101. The van der Waals surface area contributed by atoms with Crippen molar-refractivity contribution in [2.24, 2.45) is 5.73 Å². The molecule has 4 rings (SSSR count). The van der Waals surface area contributed by atoms with Crippen LogP contribution in [0.25, 0.3) is 10.8 Å². The molecule has 4 aromatic rings. The molecule has 1 heterocycles. The fraction of sp³-hybridized carbons (Fsp3) is 0.136. The molecule has 0 aliphatic carbocycles. The molecule has 0 saturated carbocycles. The summed E-state index contributed by atoms with van der Waals surface area (Å²) >= 11 is 0. The highest BCUT2D eigenvalue weighted by Gasteiger charge is 2.23. The van der Waals surface area contributed by atoms with Gasteiger partial charge in [0.1, 0.15) is 0 Å². The number of nitrogens with two attached hydrogens (primary N) is 1. The lowest BCUT2D eigenvalue weighted by atomic mass is 9.85. The molecule has 0 radical (unpaired) electrons. The fourth-order valence-corrected chi connectivity index (χ4v) is 3.51. The van der Waals surface area contributed by atoms with Crippen molar-refractivity contribution in [3.05, 3.63) is 103 Å². The molecule has 0 saturated heterocycles. The number of hydrogen-bond donors (Lipinski definition) is 1. The van der Waals surface area contributed by atoms with Crippen LogP contribution in [0.5, 0.6) is 0 Å². The van der Waals surface area contributed by atoms with Crippen LogP contribution < -0.4 is 5.73 Å². The van der Waals surface area contributed by atoms with Crippen molar-refractivity contribution in [1.82, 2.24) is 9.55 Å². The zero-order valence-corrected chi connectivity index (χ0v) is 14.0. The van der Waals surface area contributed by atoms with Crippen LogP contribution in [0.4, 0.5) is 0 Å². The van der Waals surface area contributed by atoms with Crippen LogP contribution >= 0.6 is 0 Å². The van der Waals surface area contributed by atoms with Gasteiger partial charge in [-0.2, -0.15) is 0 Å². The van der Waals surface area contributed by atoms with Crippen LogP contribution in [0.3, 0.4) is 0 Å². The van der Waals surface area contributed by atoms with E-state index in [1.54, 1.807) is 0 Å². The van der Waals surface area contributed by atoms with E-state index in [0.717, 1.165) is 6.54 Å². The molecule has 0 bridgehead atoms. The van der Waals surface area contributed by atoms with Crippen molar-refractivity contribution in [3.8, 4) is 0 Å². The zero-order chi connectivity index (χ0) is 17.1. The van der Waals surface area contributed by atoms with Gasteiger partial charge in [0, 0.05) is 30.9 Å². The highest BCUT2D eigenvalue weighted by Crippen LogP contribution is 2.34. The third-order valence-corrected chi connectivity index (χ3v) is 4.81. The maximum absolute atomic E-state index is 6.82. The summed E-state index contributed by atoms with van der Waals surface area (Å²) in [5.41, 5.74) is 9.25. The van der Waals surface area contributed by atoms with Gasteiger partial charge in [-0.15, -0.1) is 0 Å². The second kappa shape index (κ2) is 6.91. The lowest BCUT2D eigenvalue weighted by molar-refractivity contribution is 0.479. The first-order chi connectivity index (χ1) is 12.3. The molecule has 2 unspecified atom stereocenters. The summed E-state index contributed by atoms with van der Waals surface area (Å²) in [4.78, 5) is 4.17. The average molecular weight is 327 g/mol. The van der Waals surface area contributed by atoms with E-state index in [2.05, 4.69) is 76.3 Å². The summed E-state index contributed by atoms with van der Waals surface area (Å²) in [7, 11) is 0. The van der Waals surface area contributed by atoms with E-state index in [1.165, 1.54) is 21.9 Å². The molecule has 3 aromatic carbocycles. The van der Waals surface area contributed by atoms with Gasteiger partial charge in [0.25, 0.3) is 0 Å². The molecule has 3 heteroatoms. The number of nitrogens with zero attached hydrogens (tertiary/aromatic N) is 2. The fourth-order valence-electron chi connectivity index (χ4n) is 3.51. The highest BCUT2D eigenvalue weighted by molar-refractivity contribution is 5.86. The molecule has 0 aliphatic heterocycles. The van der Waals surface area contributed by atoms with Crippen molar-refractivity contribution >= 4 is 10.8 Å². The normalized spacial score (nSPS) is 13.6. The van der Waals surface area contributed by atoms with Crippen LogP contribution in [-0.4, -0.2) is 9.55 Å². The van der Waals surface area contributed by atoms with Gasteiger partial charge in [-0.1, -0.05) is 72.8 Å². The van der Waals surface area contributed by atoms with Crippen LogP contribution in [0.15, 0.2) is 91.5 Å². The average Bonchev–Trinajstić information content (AvgIpc) is 3.19. The number of hydrogen-bond acceptors (Lipinski definition) is 2. The second-order valence-corrected chi connectivity index (χ2v) is 6.37. The summed E-state index contributed by atoms with van der Waals surface area (Å²) in [5, 5.41) is 2.45. The molecule has 0 aliphatic rings. The van der Waals surface area contributed by atoms with Crippen molar-refractivity contribution in [2.45, 2.75) is 18.5 Å². The minimum absolute atomic E-state index is 0.101. The zero-order valence-electron chi connectivity index (χ0n) is 14.0. The number of imidazole rings is 1. The van der Waals surface area contributed by atoms with E-state index < -0.39 is 0 Å². The van der Waals surface area contributed by atoms with E-state index in [4.69, 9.17) is 5.73 Å². The molecule has 2 atom stereocenters. The lowest BCUT2D eigenvalue weighted by Gasteiger charge is -2.26. The molecular weight excluding hydrogens is 306 g/mol. The molecular formula is C22H21N3. The van der Waals surface area contributed by atoms with Gasteiger partial charge in [-0.25, -0.2) is 4.98 Å². The van der Waals surface area contributed by atoms with Gasteiger partial charge in [0.15, 0.2) is 0 Å². The molecule has 1 aromatic heterocycles. The van der Waals surface area contributed by atoms with Gasteiger partial charge in [0.2, 0.25) is 0 Å². The minimum Gasteiger partial charge on any atom is -0.337 e. The maximum atomic E-state index is 6.82. The molecule has 0 spiro atoms. The smallest absolute Gasteiger partial charge is 0.0946 e. The summed E-state index contributed by atoms with van der Waals surface area (Å²) in [6.45, 7) is 0.800. The van der Waals surface area contributed by atoms with Gasteiger partial charge in [-0.3, -0.25) is 0 Å². The van der Waals surface area contributed by atoms with Crippen molar-refractivity contribution in [3.63, 3.8) is 0 Å². The first-order valence-electron chi connectivity index (χ1n) is 8.57. The summed E-state index contributed by atoms with van der Waals surface area (Å²) < 4.78 is 2.10. The molecule has 3 nitrogen and oxygen atoms in total. The molecule has 124 valence electrons. The Hall–Kier alpha value is -2.91. The lowest BCUT2D eigenvalue weighted by Crippen LogP contribution is -2.24. The van der Waals surface area contributed by atoms with Gasteiger partial charge in [0.05, 0.1) is 6.33 Å². The van der Waals surface area contributed by atoms with Crippen LogP contribution in [-0.2, 0) is 6.54 Å². The Kier molecular flexibility index (Phi) is 4.32. The molecule has 0 amide bonds. The Labute approximate surface area is 147 Å². The van der Waals surface area contributed by atoms with Gasteiger partial charge >= 0.3 is 0 Å². The van der Waals surface area contributed by atoms with Crippen LogP contribution in [0.2, 0.25) is 0 Å². The first kappa shape index (κ1) is 15.6. The number of benzene rings is 3. The number of rotatable bonds is 5. The summed E-state index contributed by atoms with van der Waals surface area (Å²) in [6.07, 6.45) is 5.66. The SMILES string of the molecule is NC(c1cccc2ccccc12)C(Cn1ccnc1)c1ccccc1. The van der Waals surface area contributed by atoms with E-state index in [9.17, 15) is 0 Å². The number of fused-ring (bicyclic) bond motifs is 1. The Morgan fingerprint density at radius 1 is 0.880 bits per heavy atom. The van der Waals surface area contributed by atoms with Crippen molar-refractivity contribution < 1.29 is 0 Å². The molecule has 2 N–H and O–H groups in total. The monoisotopic (exact) mass is 327 g/mol. The van der Waals surface area contributed by atoms with E-state index in [-0.39, 0.29) is 12.0 Å². The van der Waals surface area contributed by atoms with Gasteiger partial charge < -0.3 is 10.3 Å². The largest absolute Gasteiger partial charge is 0.337 e. The molecule has 0 fully saturated rings. The van der Waals surface area contributed by atoms with E-state index in [1.807, 2.05) is 24.8 Å². The predicted octanol–water partition coefficient (Wildman–Crippen LogP) is 4.52. The third kappa shape index (κ3) is 3.19. The first-order valence-corrected chi connectivity index (χ1v) is 8.57. The predicted molar refractivity (Wildman–Crippen MR) is 102 cm³/mol. The Morgan fingerprint density at radius 2 is 1.64 bits per heavy atom. The third-order valence-electron chi connectivity index (χ3n) is 4.81. The Balaban J connectivity index is 1.78. The Morgan fingerprint density at radius 3 is 2.44 bits per heavy atom. The summed E-state index contributed by atoms with van der Waals surface area (Å²) in [6, 6.07) is 25.2. The summed E-state index contributed by atoms with van der Waals surface area (Å²) in [5.74, 6) is 0.168. The van der Waals surface area contributed by atoms with E-state index >= 15 is 0 Å². The molecule has 25 heavy (non-hydrogen) atoms. The van der Waals surface area contributed by atoms with Crippen LogP contribution in [0.1, 0.15) is 23.1 Å². The number of aromatic nitrogens is 2. The second-order valence-electron chi connectivity index (χ2n) is 6.37. The quantitative estimate of drug-likeness (QED) is 0.585.